The predicted molar refractivity (Wildman–Crippen MR) is 67.9 cm³/mol. The van der Waals surface area contributed by atoms with Crippen molar-refractivity contribution in [1.82, 2.24) is 5.32 Å². The number of nitrogens with one attached hydrogen (secondary N) is 1. The van der Waals surface area contributed by atoms with Gasteiger partial charge in [0.1, 0.15) is 5.75 Å². The molecule has 0 saturated carbocycles. The summed E-state index contributed by atoms with van der Waals surface area (Å²) in [6.45, 7) is 2.07. The molecule has 1 saturated heterocycles. The van der Waals surface area contributed by atoms with Crippen LogP contribution in [0.4, 0.5) is 0 Å². The van der Waals surface area contributed by atoms with Gasteiger partial charge in [-0.15, -0.1) is 12.4 Å². The number of phenolic OH excluding ortho intramolecular Hbond substituents is 1. The first-order chi connectivity index (χ1) is 7.29. The molecule has 1 aromatic carbocycles. The van der Waals surface area contributed by atoms with E-state index in [0.29, 0.717) is 11.7 Å². The van der Waals surface area contributed by atoms with Crippen LogP contribution in [0.5, 0.6) is 5.75 Å². The maximum Gasteiger partial charge on any atom is 0.120 e. The van der Waals surface area contributed by atoms with E-state index in [9.17, 15) is 5.11 Å². The molecule has 16 heavy (non-hydrogen) atoms. The van der Waals surface area contributed by atoms with Crippen molar-refractivity contribution >= 4 is 12.4 Å². The van der Waals surface area contributed by atoms with E-state index < -0.39 is 0 Å². The number of nitrogens with two attached hydrogens (primary N) is 1. The Morgan fingerprint density at radius 1 is 1.25 bits per heavy atom. The minimum Gasteiger partial charge on any atom is -0.508 e. The van der Waals surface area contributed by atoms with Crippen molar-refractivity contribution in [3.63, 3.8) is 0 Å². The normalized spacial score (nSPS) is 18.8. The molecular formula is C12H19ClN2O. The Balaban J connectivity index is 0.00000128. The quantitative estimate of drug-likeness (QED) is 0.742. The van der Waals surface area contributed by atoms with E-state index in [4.69, 9.17) is 5.73 Å². The lowest BCUT2D eigenvalue weighted by atomic mass is 9.86. The van der Waals surface area contributed by atoms with Gasteiger partial charge in [-0.2, -0.15) is 0 Å². The summed E-state index contributed by atoms with van der Waals surface area (Å²) in [5, 5.41) is 13.0. The molecule has 4 heteroatoms. The molecule has 0 radical (unpaired) electrons. The zero-order valence-corrected chi connectivity index (χ0v) is 10.0. The second-order valence-corrected chi connectivity index (χ2v) is 4.17. The monoisotopic (exact) mass is 242 g/mol. The standard InChI is InChI=1S/C12H18N2O.ClH/c13-12(9-5-7-14-8-6-9)10-3-1-2-4-11(10)15;/h1-4,9,12,14-15H,5-8,13H2;1H/t12-;/m1./s1. The second kappa shape index (κ2) is 6.09. The Morgan fingerprint density at radius 2 is 1.88 bits per heavy atom. The predicted octanol–water partition coefficient (Wildman–Crippen LogP) is 1.81. The molecule has 1 heterocycles. The molecule has 0 bridgehead atoms. The Labute approximate surface area is 102 Å². The Kier molecular flexibility index (Phi) is 5.06. The molecule has 0 aromatic heterocycles. The molecule has 0 spiro atoms. The fourth-order valence-corrected chi connectivity index (χ4v) is 2.23. The van der Waals surface area contributed by atoms with Crippen LogP contribution in [-0.4, -0.2) is 18.2 Å². The maximum atomic E-state index is 9.72. The molecule has 4 N–H and O–H groups in total. The molecule has 2 rings (SSSR count). The summed E-state index contributed by atoms with van der Waals surface area (Å²) in [7, 11) is 0. The molecule has 1 aliphatic heterocycles. The van der Waals surface area contributed by atoms with Crippen molar-refractivity contribution in [3.05, 3.63) is 29.8 Å². The van der Waals surface area contributed by atoms with Crippen LogP contribution in [0, 0.1) is 5.92 Å². The summed E-state index contributed by atoms with van der Waals surface area (Å²) in [5.74, 6) is 0.808. The SMILES string of the molecule is Cl.N[C@@H](c1ccccc1O)C1CCNCC1. The van der Waals surface area contributed by atoms with Crippen LogP contribution in [0.1, 0.15) is 24.4 Å². The molecular weight excluding hydrogens is 224 g/mol. The highest BCUT2D eigenvalue weighted by Crippen LogP contribution is 2.31. The van der Waals surface area contributed by atoms with Crippen molar-refractivity contribution in [2.24, 2.45) is 11.7 Å². The van der Waals surface area contributed by atoms with Crippen molar-refractivity contribution in [1.29, 1.82) is 0 Å². The molecule has 1 aromatic rings. The average Bonchev–Trinajstić information content (AvgIpc) is 2.30. The van der Waals surface area contributed by atoms with E-state index in [1.165, 1.54) is 0 Å². The number of hydrogen-bond acceptors (Lipinski definition) is 3. The van der Waals surface area contributed by atoms with E-state index in [1.54, 1.807) is 6.07 Å². The largest absolute Gasteiger partial charge is 0.508 e. The van der Waals surface area contributed by atoms with Gasteiger partial charge in [-0.3, -0.25) is 0 Å². The minimum atomic E-state index is -0.0340. The number of rotatable bonds is 2. The van der Waals surface area contributed by atoms with E-state index in [-0.39, 0.29) is 18.4 Å². The lowest BCUT2D eigenvalue weighted by Gasteiger charge is -2.28. The van der Waals surface area contributed by atoms with Gasteiger partial charge in [-0.05, 0) is 37.9 Å². The highest BCUT2D eigenvalue weighted by atomic mass is 35.5. The van der Waals surface area contributed by atoms with Crippen molar-refractivity contribution in [2.75, 3.05) is 13.1 Å². The lowest BCUT2D eigenvalue weighted by Crippen LogP contribution is -2.33. The van der Waals surface area contributed by atoms with Gasteiger partial charge in [0.2, 0.25) is 0 Å². The molecule has 0 amide bonds. The van der Waals surface area contributed by atoms with Gasteiger partial charge >= 0.3 is 0 Å². The lowest BCUT2D eigenvalue weighted by molar-refractivity contribution is 0.316. The summed E-state index contributed by atoms with van der Waals surface area (Å²) in [5.41, 5.74) is 7.06. The zero-order valence-electron chi connectivity index (χ0n) is 9.23. The van der Waals surface area contributed by atoms with E-state index in [1.807, 2.05) is 18.2 Å². The molecule has 1 atom stereocenters. The highest BCUT2D eigenvalue weighted by molar-refractivity contribution is 5.85. The second-order valence-electron chi connectivity index (χ2n) is 4.17. The third-order valence-corrected chi connectivity index (χ3v) is 3.19. The Hall–Kier alpha value is -0.770. The molecule has 1 aliphatic rings. The van der Waals surface area contributed by atoms with Crippen LogP contribution in [0.25, 0.3) is 0 Å². The zero-order chi connectivity index (χ0) is 10.7. The number of phenols is 1. The molecule has 0 unspecified atom stereocenters. The number of hydrogen-bond donors (Lipinski definition) is 3. The average molecular weight is 243 g/mol. The maximum absolute atomic E-state index is 9.72. The number of para-hydroxylation sites is 1. The first-order valence-corrected chi connectivity index (χ1v) is 5.53. The van der Waals surface area contributed by atoms with Gasteiger partial charge in [0.25, 0.3) is 0 Å². The summed E-state index contributed by atoms with van der Waals surface area (Å²) < 4.78 is 0. The minimum absolute atomic E-state index is 0. The summed E-state index contributed by atoms with van der Waals surface area (Å²) >= 11 is 0. The first kappa shape index (κ1) is 13.3. The third kappa shape index (κ3) is 2.88. The van der Waals surface area contributed by atoms with Crippen LogP contribution < -0.4 is 11.1 Å². The smallest absolute Gasteiger partial charge is 0.120 e. The van der Waals surface area contributed by atoms with Crippen molar-refractivity contribution in [2.45, 2.75) is 18.9 Å². The molecule has 90 valence electrons. The van der Waals surface area contributed by atoms with Crippen LogP contribution in [0.3, 0.4) is 0 Å². The highest BCUT2D eigenvalue weighted by Gasteiger charge is 2.23. The van der Waals surface area contributed by atoms with Gasteiger partial charge in [-0.25, -0.2) is 0 Å². The van der Waals surface area contributed by atoms with E-state index in [0.717, 1.165) is 31.5 Å². The molecule has 1 fully saturated rings. The van der Waals surface area contributed by atoms with Gasteiger partial charge in [-0.1, -0.05) is 18.2 Å². The van der Waals surface area contributed by atoms with Gasteiger partial charge in [0.15, 0.2) is 0 Å². The van der Waals surface area contributed by atoms with Crippen LogP contribution in [0.15, 0.2) is 24.3 Å². The van der Waals surface area contributed by atoms with Crippen molar-refractivity contribution in [3.8, 4) is 5.75 Å². The molecule has 0 aliphatic carbocycles. The first-order valence-electron chi connectivity index (χ1n) is 5.53. The Bertz CT molecular complexity index is 327. The number of benzene rings is 1. The molecule has 3 nitrogen and oxygen atoms in total. The van der Waals surface area contributed by atoms with Crippen LogP contribution in [0.2, 0.25) is 0 Å². The topological polar surface area (TPSA) is 58.3 Å². The fraction of sp³-hybridized carbons (Fsp3) is 0.500. The third-order valence-electron chi connectivity index (χ3n) is 3.19. The van der Waals surface area contributed by atoms with Gasteiger partial charge < -0.3 is 16.2 Å². The number of halogens is 1. The van der Waals surface area contributed by atoms with Crippen molar-refractivity contribution < 1.29 is 5.11 Å². The number of aromatic hydroxyl groups is 1. The summed E-state index contributed by atoms with van der Waals surface area (Å²) in [6, 6.07) is 7.34. The van der Waals surface area contributed by atoms with Crippen LogP contribution >= 0.6 is 12.4 Å². The summed E-state index contributed by atoms with van der Waals surface area (Å²) in [6.07, 6.45) is 2.19. The van der Waals surface area contributed by atoms with Crippen LogP contribution in [-0.2, 0) is 0 Å². The van der Waals surface area contributed by atoms with Gasteiger partial charge in [0, 0.05) is 11.6 Å². The van der Waals surface area contributed by atoms with E-state index in [2.05, 4.69) is 5.32 Å². The van der Waals surface area contributed by atoms with Gasteiger partial charge in [0.05, 0.1) is 0 Å². The fourth-order valence-electron chi connectivity index (χ4n) is 2.23. The Morgan fingerprint density at radius 3 is 2.50 bits per heavy atom. The number of piperidine rings is 1. The van der Waals surface area contributed by atoms with E-state index >= 15 is 0 Å². The summed E-state index contributed by atoms with van der Waals surface area (Å²) in [4.78, 5) is 0.